The Bertz CT molecular complexity index is 1080. The first-order valence-electron chi connectivity index (χ1n) is 19.4. The highest BCUT2D eigenvalue weighted by molar-refractivity contribution is 5.82. The summed E-state index contributed by atoms with van der Waals surface area (Å²) in [6, 6.07) is 0. The number of hydrogen-bond acceptors (Lipinski definition) is 10. The molecule has 2 N–H and O–H groups in total. The standard InChI is InChI=1S/C42H77NO9/c1-16-33(44)51-39(13,18-3)24-28-47-37(9,10)30-42(21-6,31-38(11,12)48-29-25-40(14,19-4)52-34(45)17-2)32-41(15,20-5)49-27-23-36(7,8)50-35(46)22-26-43/h16-17H,1-2,18-32,43H2,3-15H3/t39-,40?,41?,42?/m1/s1. The molecule has 0 saturated carbocycles. The smallest absolute Gasteiger partial charge is 0.330 e. The van der Waals surface area contributed by atoms with Crippen molar-refractivity contribution in [3.05, 3.63) is 25.3 Å². The van der Waals surface area contributed by atoms with Crippen molar-refractivity contribution in [2.75, 3.05) is 26.4 Å². The Kier molecular flexibility index (Phi) is 20.6. The fourth-order valence-corrected chi connectivity index (χ4v) is 6.87. The maximum absolute atomic E-state index is 12.2. The molecule has 0 heterocycles. The Morgan fingerprint density at radius 2 is 0.942 bits per heavy atom. The monoisotopic (exact) mass is 740 g/mol. The van der Waals surface area contributed by atoms with Gasteiger partial charge in [-0.3, -0.25) is 4.79 Å². The van der Waals surface area contributed by atoms with E-state index in [-0.39, 0.29) is 24.3 Å². The van der Waals surface area contributed by atoms with E-state index in [0.717, 1.165) is 32.1 Å². The summed E-state index contributed by atoms with van der Waals surface area (Å²) < 4.78 is 37.0. The van der Waals surface area contributed by atoms with Gasteiger partial charge in [-0.2, -0.15) is 0 Å². The molecule has 0 spiro atoms. The van der Waals surface area contributed by atoms with Gasteiger partial charge in [0.15, 0.2) is 0 Å². The molecule has 52 heavy (non-hydrogen) atoms. The molecule has 304 valence electrons. The number of hydrogen-bond donors (Lipinski definition) is 1. The molecule has 0 aliphatic heterocycles. The molecule has 0 bridgehead atoms. The van der Waals surface area contributed by atoms with E-state index in [2.05, 4.69) is 61.6 Å². The molecule has 0 radical (unpaired) electrons. The van der Waals surface area contributed by atoms with Crippen molar-refractivity contribution in [2.45, 2.75) is 194 Å². The number of nitrogens with two attached hydrogens (primary N) is 1. The topological polar surface area (TPSA) is 133 Å². The van der Waals surface area contributed by atoms with Gasteiger partial charge in [-0.25, -0.2) is 9.59 Å². The van der Waals surface area contributed by atoms with Crippen molar-refractivity contribution >= 4 is 17.9 Å². The fraction of sp³-hybridized carbons (Fsp3) is 0.833. The van der Waals surface area contributed by atoms with Crippen molar-refractivity contribution in [1.82, 2.24) is 0 Å². The first kappa shape index (κ1) is 49.7. The van der Waals surface area contributed by atoms with Gasteiger partial charge in [-0.15, -0.1) is 0 Å². The molecule has 0 saturated heterocycles. The highest BCUT2D eigenvalue weighted by atomic mass is 16.6. The zero-order valence-corrected chi connectivity index (χ0v) is 35.4. The summed E-state index contributed by atoms with van der Waals surface area (Å²) in [4.78, 5) is 36.2. The molecular weight excluding hydrogens is 662 g/mol. The maximum Gasteiger partial charge on any atom is 0.330 e. The molecule has 10 heteroatoms. The van der Waals surface area contributed by atoms with Gasteiger partial charge in [0.2, 0.25) is 0 Å². The number of rotatable bonds is 29. The second kappa shape index (κ2) is 21.6. The van der Waals surface area contributed by atoms with Crippen LogP contribution in [0, 0.1) is 5.41 Å². The van der Waals surface area contributed by atoms with E-state index in [0.29, 0.717) is 51.9 Å². The molecule has 0 rings (SSSR count). The van der Waals surface area contributed by atoms with Crippen LogP contribution in [0.1, 0.15) is 161 Å². The lowest BCUT2D eigenvalue weighted by molar-refractivity contribution is -0.160. The first-order valence-corrected chi connectivity index (χ1v) is 19.4. The molecule has 0 aromatic heterocycles. The minimum absolute atomic E-state index is 0.182. The van der Waals surface area contributed by atoms with Gasteiger partial charge in [0.1, 0.15) is 16.8 Å². The van der Waals surface area contributed by atoms with Crippen LogP contribution in [0.2, 0.25) is 0 Å². The lowest BCUT2D eigenvalue weighted by atomic mass is 9.64. The van der Waals surface area contributed by atoms with E-state index in [1.165, 1.54) is 12.2 Å². The molecule has 0 aromatic carbocycles. The molecule has 0 aliphatic rings. The van der Waals surface area contributed by atoms with E-state index in [1.54, 1.807) is 0 Å². The molecule has 3 unspecified atom stereocenters. The van der Waals surface area contributed by atoms with Crippen molar-refractivity contribution in [2.24, 2.45) is 11.1 Å². The summed E-state index contributed by atoms with van der Waals surface area (Å²) in [5.74, 6) is -1.19. The highest BCUT2D eigenvalue weighted by Gasteiger charge is 2.45. The Morgan fingerprint density at radius 3 is 1.29 bits per heavy atom. The first-order chi connectivity index (χ1) is 23.8. The summed E-state index contributed by atoms with van der Waals surface area (Å²) >= 11 is 0. The van der Waals surface area contributed by atoms with Gasteiger partial charge in [-0.05, 0) is 106 Å². The minimum atomic E-state index is -0.686. The third-order valence-electron chi connectivity index (χ3n) is 10.5. The largest absolute Gasteiger partial charge is 0.460 e. The molecule has 0 aromatic rings. The third-order valence-corrected chi connectivity index (χ3v) is 10.5. The normalized spacial score (nSPS) is 17.1. The van der Waals surface area contributed by atoms with Crippen LogP contribution in [-0.4, -0.2) is 77.9 Å². The van der Waals surface area contributed by atoms with Crippen LogP contribution in [0.15, 0.2) is 25.3 Å². The quantitative estimate of drug-likeness (QED) is 0.0450. The van der Waals surface area contributed by atoms with Crippen LogP contribution >= 0.6 is 0 Å². The van der Waals surface area contributed by atoms with Crippen LogP contribution in [0.25, 0.3) is 0 Å². The van der Waals surface area contributed by atoms with Gasteiger partial charge in [0.05, 0.1) is 43.0 Å². The number of ether oxygens (including phenoxy) is 6. The molecule has 4 atom stereocenters. The van der Waals surface area contributed by atoms with Crippen LogP contribution in [-0.2, 0) is 42.8 Å². The fourth-order valence-electron chi connectivity index (χ4n) is 6.87. The lowest BCUT2D eigenvalue weighted by Crippen LogP contribution is -2.46. The average Bonchev–Trinajstić information content (AvgIpc) is 3.03. The summed E-state index contributed by atoms with van der Waals surface area (Å²) in [5.41, 5.74) is 1.72. The summed E-state index contributed by atoms with van der Waals surface area (Å²) in [6.45, 7) is 35.2. The van der Waals surface area contributed by atoms with Gasteiger partial charge in [0, 0.05) is 38.0 Å². The van der Waals surface area contributed by atoms with E-state index < -0.39 is 45.5 Å². The Hall–Kier alpha value is -2.27. The van der Waals surface area contributed by atoms with Crippen LogP contribution in [0.3, 0.4) is 0 Å². The molecular formula is C42H77NO9. The number of carbonyl (C=O) groups excluding carboxylic acids is 3. The van der Waals surface area contributed by atoms with Crippen molar-refractivity contribution < 1.29 is 42.8 Å². The molecule has 10 nitrogen and oxygen atoms in total. The number of esters is 3. The predicted molar refractivity (Wildman–Crippen MR) is 209 cm³/mol. The van der Waals surface area contributed by atoms with Gasteiger partial charge in [-0.1, -0.05) is 47.3 Å². The second-order valence-electron chi connectivity index (χ2n) is 17.1. The van der Waals surface area contributed by atoms with Gasteiger partial charge in [0.25, 0.3) is 0 Å². The minimum Gasteiger partial charge on any atom is -0.460 e. The highest BCUT2D eigenvalue weighted by Crippen LogP contribution is 2.48. The third kappa shape index (κ3) is 19.2. The number of carbonyl (C=O) groups is 3. The van der Waals surface area contributed by atoms with Crippen molar-refractivity contribution in [3.63, 3.8) is 0 Å². The molecule has 0 amide bonds. The van der Waals surface area contributed by atoms with E-state index >= 15 is 0 Å². The zero-order chi connectivity index (χ0) is 40.5. The van der Waals surface area contributed by atoms with Crippen LogP contribution in [0.4, 0.5) is 0 Å². The summed E-state index contributed by atoms with van der Waals surface area (Å²) in [5, 5.41) is 0. The Morgan fingerprint density at radius 1 is 0.538 bits per heavy atom. The maximum atomic E-state index is 12.2. The van der Waals surface area contributed by atoms with E-state index in [9.17, 15) is 14.4 Å². The van der Waals surface area contributed by atoms with Crippen molar-refractivity contribution in [3.8, 4) is 0 Å². The van der Waals surface area contributed by atoms with E-state index in [1.807, 2.05) is 41.5 Å². The summed E-state index contributed by atoms with van der Waals surface area (Å²) in [7, 11) is 0. The van der Waals surface area contributed by atoms with Gasteiger partial charge < -0.3 is 34.2 Å². The predicted octanol–water partition coefficient (Wildman–Crippen LogP) is 8.97. The van der Waals surface area contributed by atoms with E-state index in [4.69, 9.17) is 34.2 Å². The SMILES string of the molecule is C=CC(=O)OC(C)(CC)CCOC(C)(C)CC(CC)(CC(C)(C)OCC[C@@](C)(CC)OC(=O)C=C)CC(C)(CC)OCCC(C)(C)OC(=O)CCN. The lowest BCUT2D eigenvalue weighted by Gasteiger charge is -2.48. The second-order valence-corrected chi connectivity index (χ2v) is 17.1. The Labute approximate surface area is 317 Å². The van der Waals surface area contributed by atoms with Crippen molar-refractivity contribution in [1.29, 1.82) is 0 Å². The van der Waals surface area contributed by atoms with Crippen LogP contribution in [0.5, 0.6) is 0 Å². The molecule has 0 aliphatic carbocycles. The van der Waals surface area contributed by atoms with Gasteiger partial charge >= 0.3 is 17.9 Å². The summed E-state index contributed by atoms with van der Waals surface area (Å²) in [6.07, 6.45) is 9.33. The Balaban J connectivity index is 6.30. The molecule has 0 fully saturated rings. The zero-order valence-electron chi connectivity index (χ0n) is 35.4. The average molecular weight is 740 g/mol. The van der Waals surface area contributed by atoms with Crippen LogP contribution < -0.4 is 5.73 Å².